The minimum atomic E-state index is -4.26. The molecule has 0 radical (unpaired) electrons. The van der Waals surface area contributed by atoms with E-state index >= 15 is 0 Å². The predicted octanol–water partition coefficient (Wildman–Crippen LogP) is 4.28. The molecule has 3 aromatic carbocycles. The van der Waals surface area contributed by atoms with E-state index in [0.717, 1.165) is 27.6 Å². The van der Waals surface area contributed by atoms with Gasteiger partial charge in [-0.1, -0.05) is 24.3 Å². The van der Waals surface area contributed by atoms with Crippen LogP contribution in [0.1, 0.15) is 31.9 Å². The van der Waals surface area contributed by atoms with Crippen molar-refractivity contribution in [3.05, 3.63) is 89.7 Å². The number of rotatable bonds is 11. The molecule has 1 atom stereocenters. The summed E-state index contributed by atoms with van der Waals surface area (Å²) >= 11 is 0. The van der Waals surface area contributed by atoms with Crippen molar-refractivity contribution in [3.63, 3.8) is 0 Å². The molecule has 2 amide bonds. The molecule has 10 heteroatoms. The normalized spacial score (nSPS) is 12.1. The van der Waals surface area contributed by atoms with Crippen molar-refractivity contribution < 1.29 is 27.1 Å². The molecule has 208 valence electrons. The van der Waals surface area contributed by atoms with Gasteiger partial charge in [0.25, 0.3) is 10.0 Å². The van der Waals surface area contributed by atoms with Gasteiger partial charge >= 0.3 is 0 Å². The standard InChI is InChI=1S/C29H34FN3O5S/c1-20(2)31-29(35)22(4)32(18-23-9-7-6-8-21(23)3)28(34)19-33(25-12-10-24(30)11-13-25)39(36,37)27-16-14-26(38-5)15-17-27/h6-17,20,22H,18-19H2,1-5H3,(H,31,35)/t22-/m1/s1. The van der Waals surface area contributed by atoms with E-state index in [2.05, 4.69) is 5.32 Å². The third-order valence-corrected chi connectivity index (χ3v) is 8.03. The maximum absolute atomic E-state index is 13.9. The largest absolute Gasteiger partial charge is 0.497 e. The number of carbonyl (C=O) groups excluding carboxylic acids is 2. The van der Waals surface area contributed by atoms with Crippen LogP contribution in [0.2, 0.25) is 0 Å². The molecule has 0 saturated carbocycles. The van der Waals surface area contributed by atoms with Gasteiger partial charge in [-0.3, -0.25) is 13.9 Å². The van der Waals surface area contributed by atoms with E-state index in [1.807, 2.05) is 45.0 Å². The molecule has 0 saturated heterocycles. The number of nitrogens with one attached hydrogen (secondary N) is 1. The number of benzene rings is 3. The first kappa shape index (κ1) is 29.6. The number of halogens is 1. The van der Waals surface area contributed by atoms with Gasteiger partial charge in [-0.2, -0.15) is 0 Å². The van der Waals surface area contributed by atoms with E-state index in [-0.39, 0.29) is 29.1 Å². The molecule has 0 unspecified atom stereocenters. The molecular weight excluding hydrogens is 521 g/mol. The monoisotopic (exact) mass is 555 g/mol. The van der Waals surface area contributed by atoms with Crippen molar-refractivity contribution >= 4 is 27.5 Å². The molecule has 39 heavy (non-hydrogen) atoms. The van der Waals surface area contributed by atoms with Crippen molar-refractivity contribution in [2.75, 3.05) is 18.0 Å². The molecule has 0 heterocycles. The first-order valence-corrected chi connectivity index (χ1v) is 13.9. The fraction of sp³-hybridized carbons (Fsp3) is 0.310. The Labute approximate surface area is 229 Å². The second-order valence-electron chi connectivity index (χ2n) is 9.45. The fourth-order valence-electron chi connectivity index (χ4n) is 3.97. The highest BCUT2D eigenvalue weighted by atomic mass is 32.2. The zero-order valence-electron chi connectivity index (χ0n) is 22.7. The van der Waals surface area contributed by atoms with Crippen molar-refractivity contribution in [1.82, 2.24) is 10.2 Å². The van der Waals surface area contributed by atoms with E-state index in [4.69, 9.17) is 4.74 Å². The van der Waals surface area contributed by atoms with Crippen LogP contribution in [0.5, 0.6) is 5.75 Å². The number of sulfonamides is 1. The first-order valence-electron chi connectivity index (χ1n) is 12.5. The average Bonchev–Trinajstić information content (AvgIpc) is 2.91. The highest BCUT2D eigenvalue weighted by Gasteiger charge is 2.33. The van der Waals surface area contributed by atoms with Crippen LogP contribution in [0.3, 0.4) is 0 Å². The van der Waals surface area contributed by atoms with Crippen LogP contribution in [0.4, 0.5) is 10.1 Å². The Bertz CT molecular complexity index is 1390. The Balaban J connectivity index is 2.04. The molecule has 0 aromatic heterocycles. The molecule has 0 aliphatic carbocycles. The highest BCUT2D eigenvalue weighted by Crippen LogP contribution is 2.26. The van der Waals surface area contributed by atoms with Gasteiger partial charge in [-0.15, -0.1) is 0 Å². The Kier molecular flexibility index (Phi) is 9.69. The van der Waals surface area contributed by atoms with E-state index in [1.165, 1.54) is 48.4 Å². The lowest BCUT2D eigenvalue weighted by atomic mass is 10.1. The van der Waals surface area contributed by atoms with Gasteiger partial charge in [0, 0.05) is 12.6 Å². The van der Waals surface area contributed by atoms with Crippen LogP contribution in [0, 0.1) is 12.7 Å². The Morgan fingerprint density at radius 3 is 2.13 bits per heavy atom. The van der Waals surface area contributed by atoms with E-state index in [0.29, 0.717) is 5.75 Å². The van der Waals surface area contributed by atoms with Crippen LogP contribution in [-0.2, 0) is 26.2 Å². The number of carbonyl (C=O) groups is 2. The van der Waals surface area contributed by atoms with Gasteiger partial charge in [0.05, 0.1) is 17.7 Å². The third-order valence-electron chi connectivity index (χ3n) is 6.24. The summed E-state index contributed by atoms with van der Waals surface area (Å²) in [5.74, 6) is -1.04. The van der Waals surface area contributed by atoms with Gasteiger partial charge in [-0.25, -0.2) is 12.8 Å². The third kappa shape index (κ3) is 7.35. The van der Waals surface area contributed by atoms with Crippen molar-refractivity contribution in [1.29, 1.82) is 0 Å². The number of amides is 2. The summed E-state index contributed by atoms with van der Waals surface area (Å²) in [6.45, 7) is 6.62. The number of anilines is 1. The number of hydrogen-bond donors (Lipinski definition) is 1. The van der Waals surface area contributed by atoms with Gasteiger partial charge in [0.2, 0.25) is 11.8 Å². The Morgan fingerprint density at radius 1 is 0.949 bits per heavy atom. The SMILES string of the molecule is COc1ccc(S(=O)(=O)N(CC(=O)N(Cc2ccccc2C)[C@H](C)C(=O)NC(C)C)c2ccc(F)cc2)cc1. The quantitative estimate of drug-likeness (QED) is 0.381. The number of nitrogens with zero attached hydrogens (tertiary/aromatic N) is 2. The van der Waals surface area contributed by atoms with Crippen LogP contribution in [-0.4, -0.2) is 50.9 Å². The predicted molar refractivity (Wildman–Crippen MR) is 148 cm³/mol. The zero-order valence-corrected chi connectivity index (χ0v) is 23.5. The number of aryl methyl sites for hydroxylation is 1. The van der Waals surface area contributed by atoms with Gasteiger partial charge in [0.15, 0.2) is 0 Å². The van der Waals surface area contributed by atoms with E-state index in [1.54, 1.807) is 6.92 Å². The summed E-state index contributed by atoms with van der Waals surface area (Å²) in [7, 11) is -2.79. The highest BCUT2D eigenvalue weighted by molar-refractivity contribution is 7.92. The Morgan fingerprint density at radius 2 is 1.56 bits per heavy atom. The van der Waals surface area contributed by atoms with Crippen LogP contribution >= 0.6 is 0 Å². The van der Waals surface area contributed by atoms with Crippen molar-refractivity contribution in [3.8, 4) is 5.75 Å². The molecule has 8 nitrogen and oxygen atoms in total. The lowest BCUT2D eigenvalue weighted by molar-refractivity contribution is -0.139. The zero-order chi connectivity index (χ0) is 28.7. The van der Waals surface area contributed by atoms with Gasteiger partial charge < -0.3 is 15.0 Å². The molecule has 3 rings (SSSR count). The number of methoxy groups -OCH3 is 1. The Hall–Kier alpha value is -3.92. The second kappa shape index (κ2) is 12.8. The summed E-state index contributed by atoms with van der Waals surface area (Å²) in [5, 5.41) is 2.82. The molecular formula is C29H34FN3O5S. The van der Waals surface area contributed by atoms with E-state index < -0.39 is 34.3 Å². The van der Waals surface area contributed by atoms with Crippen LogP contribution in [0.15, 0.2) is 77.7 Å². The van der Waals surface area contributed by atoms with Crippen LogP contribution < -0.4 is 14.4 Å². The van der Waals surface area contributed by atoms with Crippen molar-refractivity contribution in [2.24, 2.45) is 0 Å². The van der Waals surface area contributed by atoms with Crippen LogP contribution in [0.25, 0.3) is 0 Å². The molecule has 0 bridgehead atoms. The summed E-state index contributed by atoms with van der Waals surface area (Å²) in [5.41, 5.74) is 1.85. The molecule has 3 aromatic rings. The second-order valence-corrected chi connectivity index (χ2v) is 11.3. The molecule has 0 fully saturated rings. The smallest absolute Gasteiger partial charge is 0.264 e. The van der Waals surface area contributed by atoms with Gasteiger partial charge in [0.1, 0.15) is 24.2 Å². The maximum atomic E-state index is 13.9. The lowest BCUT2D eigenvalue weighted by Gasteiger charge is -2.32. The fourth-order valence-corrected chi connectivity index (χ4v) is 5.38. The summed E-state index contributed by atoms with van der Waals surface area (Å²) in [6, 6.07) is 17.0. The summed E-state index contributed by atoms with van der Waals surface area (Å²) in [4.78, 5) is 28.1. The molecule has 1 N–H and O–H groups in total. The van der Waals surface area contributed by atoms with Gasteiger partial charge in [-0.05, 0) is 87.4 Å². The lowest BCUT2D eigenvalue weighted by Crippen LogP contribution is -2.52. The summed E-state index contributed by atoms with van der Waals surface area (Å²) < 4.78 is 47.3. The minimum absolute atomic E-state index is 0.0727. The first-order chi connectivity index (χ1) is 18.4. The number of hydrogen-bond acceptors (Lipinski definition) is 5. The number of ether oxygens (including phenoxy) is 1. The van der Waals surface area contributed by atoms with E-state index in [9.17, 15) is 22.4 Å². The average molecular weight is 556 g/mol. The molecule has 0 aliphatic heterocycles. The maximum Gasteiger partial charge on any atom is 0.264 e. The molecule has 0 aliphatic rings. The van der Waals surface area contributed by atoms with Crippen molar-refractivity contribution in [2.45, 2.75) is 51.2 Å². The minimum Gasteiger partial charge on any atom is -0.497 e. The topological polar surface area (TPSA) is 96.0 Å². The summed E-state index contributed by atoms with van der Waals surface area (Å²) in [6.07, 6.45) is 0. The molecule has 0 spiro atoms.